The van der Waals surface area contributed by atoms with Gasteiger partial charge in [0.25, 0.3) is 0 Å². The Morgan fingerprint density at radius 2 is 2.14 bits per heavy atom. The van der Waals surface area contributed by atoms with Crippen molar-refractivity contribution in [2.45, 2.75) is 39.7 Å². The quantitative estimate of drug-likeness (QED) is 0.941. The fraction of sp³-hybridized carbons (Fsp3) is 0.471. The van der Waals surface area contributed by atoms with Crippen LogP contribution in [0.15, 0.2) is 18.2 Å². The van der Waals surface area contributed by atoms with Gasteiger partial charge >= 0.3 is 0 Å². The number of rotatable bonds is 3. The van der Waals surface area contributed by atoms with Gasteiger partial charge in [-0.15, -0.1) is 0 Å². The molecule has 21 heavy (non-hydrogen) atoms. The maximum atomic E-state index is 6.32. The maximum absolute atomic E-state index is 6.32. The van der Waals surface area contributed by atoms with Crippen LogP contribution in [-0.2, 0) is 13.0 Å². The largest absolute Gasteiger partial charge is 0.383 e. The van der Waals surface area contributed by atoms with Gasteiger partial charge in [-0.25, -0.2) is 4.98 Å². The molecule has 112 valence electrons. The van der Waals surface area contributed by atoms with Crippen LogP contribution >= 0.6 is 0 Å². The number of benzene rings is 1. The topological polar surface area (TPSA) is 47.1 Å². The summed E-state index contributed by atoms with van der Waals surface area (Å²) in [6.45, 7) is 6.26. The first kappa shape index (κ1) is 14.0. The minimum absolute atomic E-state index is 0.790. The lowest BCUT2D eigenvalue weighted by Crippen LogP contribution is -2.24. The summed E-state index contributed by atoms with van der Waals surface area (Å²) in [6.07, 6.45) is 3.42. The van der Waals surface area contributed by atoms with Gasteiger partial charge in [0.1, 0.15) is 17.3 Å². The Labute approximate surface area is 126 Å². The highest BCUT2D eigenvalue weighted by Crippen LogP contribution is 2.33. The standard InChI is InChI=1S/C17H24N4/c1-4-9-21-12(2)19-16(17(21)18)14-7-8-15-13(11-14)6-5-10-20(15)3/h7-8,11H,4-6,9-10,18H2,1-3H3. The van der Waals surface area contributed by atoms with Crippen molar-refractivity contribution in [1.82, 2.24) is 9.55 Å². The lowest BCUT2D eigenvalue weighted by molar-refractivity contribution is 0.665. The number of anilines is 2. The van der Waals surface area contributed by atoms with E-state index in [1.54, 1.807) is 0 Å². The Kier molecular flexibility index (Phi) is 3.62. The van der Waals surface area contributed by atoms with Crippen LogP contribution in [0.4, 0.5) is 11.5 Å². The zero-order chi connectivity index (χ0) is 15.0. The van der Waals surface area contributed by atoms with Crippen molar-refractivity contribution in [3.63, 3.8) is 0 Å². The predicted molar refractivity (Wildman–Crippen MR) is 88.7 cm³/mol. The summed E-state index contributed by atoms with van der Waals surface area (Å²) < 4.78 is 2.11. The summed E-state index contributed by atoms with van der Waals surface area (Å²) in [6, 6.07) is 6.62. The van der Waals surface area contributed by atoms with Gasteiger partial charge in [-0.3, -0.25) is 0 Å². The third-order valence-corrected chi connectivity index (χ3v) is 4.35. The molecule has 3 rings (SSSR count). The molecule has 0 spiro atoms. The van der Waals surface area contributed by atoms with E-state index in [0.717, 1.165) is 48.8 Å². The molecule has 2 N–H and O–H groups in total. The summed E-state index contributed by atoms with van der Waals surface area (Å²) in [5, 5.41) is 0. The average molecular weight is 284 g/mol. The van der Waals surface area contributed by atoms with E-state index in [1.165, 1.54) is 17.7 Å². The summed E-state index contributed by atoms with van der Waals surface area (Å²) in [5.74, 6) is 1.79. The Bertz CT molecular complexity index is 657. The van der Waals surface area contributed by atoms with Crippen LogP contribution in [0, 0.1) is 6.92 Å². The molecule has 0 saturated heterocycles. The average Bonchev–Trinajstić information content (AvgIpc) is 2.76. The van der Waals surface area contributed by atoms with Crippen molar-refractivity contribution < 1.29 is 0 Å². The predicted octanol–water partition coefficient (Wildman–Crippen LogP) is 3.23. The van der Waals surface area contributed by atoms with Crippen LogP contribution < -0.4 is 10.6 Å². The van der Waals surface area contributed by atoms with E-state index in [0.29, 0.717) is 0 Å². The number of nitrogens with two attached hydrogens (primary N) is 1. The van der Waals surface area contributed by atoms with Gasteiger partial charge in [0.15, 0.2) is 0 Å². The normalized spacial score (nSPS) is 14.3. The molecule has 1 aromatic heterocycles. The number of hydrogen-bond donors (Lipinski definition) is 1. The molecule has 4 heteroatoms. The first-order valence-corrected chi connectivity index (χ1v) is 7.79. The number of imidazole rings is 1. The minimum atomic E-state index is 0.790. The lowest BCUT2D eigenvalue weighted by Gasteiger charge is -2.27. The van der Waals surface area contributed by atoms with Crippen molar-refractivity contribution in [2.75, 3.05) is 24.2 Å². The molecule has 1 aliphatic rings. The van der Waals surface area contributed by atoms with Gasteiger partial charge in [-0.2, -0.15) is 0 Å². The van der Waals surface area contributed by atoms with Crippen molar-refractivity contribution in [1.29, 1.82) is 0 Å². The first-order valence-electron chi connectivity index (χ1n) is 7.79. The Hall–Kier alpha value is -1.97. The van der Waals surface area contributed by atoms with E-state index >= 15 is 0 Å². The van der Waals surface area contributed by atoms with Gasteiger partial charge in [-0.05, 0) is 43.9 Å². The molecule has 0 unspecified atom stereocenters. The summed E-state index contributed by atoms with van der Waals surface area (Å²) in [4.78, 5) is 7.02. The van der Waals surface area contributed by atoms with Crippen molar-refractivity contribution in [3.05, 3.63) is 29.6 Å². The van der Waals surface area contributed by atoms with Crippen LogP contribution in [0.5, 0.6) is 0 Å². The second-order valence-corrected chi connectivity index (χ2v) is 5.91. The van der Waals surface area contributed by atoms with Gasteiger partial charge in [0.05, 0.1) is 0 Å². The van der Waals surface area contributed by atoms with Crippen LogP contribution in [0.3, 0.4) is 0 Å². The third-order valence-electron chi connectivity index (χ3n) is 4.35. The maximum Gasteiger partial charge on any atom is 0.131 e. The van der Waals surface area contributed by atoms with Crippen molar-refractivity contribution in [3.8, 4) is 11.3 Å². The molecule has 2 aromatic rings. The molecule has 4 nitrogen and oxygen atoms in total. The van der Waals surface area contributed by atoms with Crippen molar-refractivity contribution in [2.24, 2.45) is 0 Å². The fourth-order valence-corrected chi connectivity index (χ4v) is 3.23. The van der Waals surface area contributed by atoms with Crippen LogP contribution in [0.2, 0.25) is 0 Å². The van der Waals surface area contributed by atoms with E-state index < -0.39 is 0 Å². The van der Waals surface area contributed by atoms with E-state index in [4.69, 9.17) is 10.7 Å². The highest BCUT2D eigenvalue weighted by atomic mass is 15.1. The molecule has 0 bridgehead atoms. The summed E-state index contributed by atoms with van der Waals surface area (Å²) >= 11 is 0. The SMILES string of the molecule is CCCn1c(C)nc(-c2ccc3c(c2)CCCN3C)c1N. The van der Waals surface area contributed by atoms with E-state index in [1.807, 2.05) is 6.92 Å². The zero-order valence-corrected chi connectivity index (χ0v) is 13.2. The Balaban J connectivity index is 2.03. The summed E-state index contributed by atoms with van der Waals surface area (Å²) in [7, 11) is 2.16. The molecular formula is C17H24N4. The molecular weight excluding hydrogens is 260 g/mol. The molecule has 0 atom stereocenters. The van der Waals surface area contributed by atoms with Gasteiger partial charge in [-0.1, -0.05) is 13.0 Å². The molecule has 1 aromatic carbocycles. The zero-order valence-electron chi connectivity index (χ0n) is 13.2. The van der Waals surface area contributed by atoms with Gasteiger partial charge in [0.2, 0.25) is 0 Å². The molecule has 0 radical (unpaired) electrons. The Morgan fingerprint density at radius 3 is 2.90 bits per heavy atom. The van der Waals surface area contributed by atoms with Gasteiger partial charge in [0, 0.05) is 31.4 Å². The first-order chi connectivity index (χ1) is 10.1. The molecule has 0 fully saturated rings. The highest BCUT2D eigenvalue weighted by molar-refractivity contribution is 5.74. The number of nitrogens with zero attached hydrogens (tertiary/aromatic N) is 3. The molecule has 2 heterocycles. The molecule has 0 aliphatic carbocycles. The lowest BCUT2D eigenvalue weighted by atomic mass is 9.98. The van der Waals surface area contributed by atoms with E-state index in [-0.39, 0.29) is 0 Å². The minimum Gasteiger partial charge on any atom is -0.383 e. The van der Waals surface area contributed by atoms with Crippen LogP contribution in [0.25, 0.3) is 11.3 Å². The molecule has 0 saturated carbocycles. The number of aromatic nitrogens is 2. The molecule has 1 aliphatic heterocycles. The third kappa shape index (κ3) is 2.39. The monoisotopic (exact) mass is 284 g/mol. The second kappa shape index (κ2) is 5.43. The highest BCUT2D eigenvalue weighted by Gasteiger charge is 2.17. The number of hydrogen-bond acceptors (Lipinski definition) is 3. The second-order valence-electron chi connectivity index (χ2n) is 5.91. The number of nitrogen functional groups attached to an aromatic ring is 1. The number of fused-ring (bicyclic) bond motifs is 1. The van der Waals surface area contributed by atoms with Crippen LogP contribution in [0.1, 0.15) is 31.2 Å². The summed E-state index contributed by atoms with van der Waals surface area (Å²) in [5.41, 5.74) is 11.1. The van der Waals surface area contributed by atoms with Crippen molar-refractivity contribution >= 4 is 11.5 Å². The molecule has 0 amide bonds. The van der Waals surface area contributed by atoms with Crippen LogP contribution in [-0.4, -0.2) is 23.1 Å². The Morgan fingerprint density at radius 1 is 1.33 bits per heavy atom. The number of aryl methyl sites for hydroxylation is 2. The van der Waals surface area contributed by atoms with Gasteiger partial charge < -0.3 is 15.2 Å². The van der Waals surface area contributed by atoms with E-state index in [9.17, 15) is 0 Å². The smallest absolute Gasteiger partial charge is 0.131 e. The van der Waals surface area contributed by atoms with E-state index in [2.05, 4.69) is 41.6 Å². The fourth-order valence-electron chi connectivity index (χ4n) is 3.23.